The second-order valence-electron chi connectivity index (χ2n) is 1.23. The third-order valence-corrected chi connectivity index (χ3v) is 0.556. The lowest BCUT2D eigenvalue weighted by Crippen LogP contribution is -2.01. The summed E-state index contributed by atoms with van der Waals surface area (Å²) in [5.41, 5.74) is 0. The van der Waals surface area contributed by atoms with Crippen LogP contribution in [0.1, 0.15) is 6.92 Å². The summed E-state index contributed by atoms with van der Waals surface area (Å²) in [7, 11) is 0. The molecule has 0 aliphatic heterocycles. The Bertz CT molecular complexity index is 86.5. The second kappa shape index (κ2) is 4.40. The van der Waals surface area contributed by atoms with Crippen molar-refractivity contribution in [1.29, 1.82) is 0 Å². The lowest BCUT2D eigenvalue weighted by molar-refractivity contribution is -0.0109. The van der Waals surface area contributed by atoms with Crippen molar-refractivity contribution in [1.82, 2.24) is 0 Å². The molecule has 0 saturated heterocycles. The summed E-state index contributed by atoms with van der Waals surface area (Å²) < 4.78 is 4.60. The summed E-state index contributed by atoms with van der Waals surface area (Å²) in [5.74, 6) is 0. The van der Waals surface area contributed by atoms with Crippen molar-refractivity contribution in [3.8, 4) is 0 Å². The zero-order valence-electron chi connectivity index (χ0n) is 4.87. The largest absolute Gasteiger partial charge is 0.469 e. The van der Waals surface area contributed by atoms with E-state index in [2.05, 4.69) is 11.3 Å². The van der Waals surface area contributed by atoms with E-state index in [0.717, 1.165) is 0 Å². The lowest BCUT2D eigenvalue weighted by atomic mass is 10.6. The van der Waals surface area contributed by atoms with E-state index in [1.54, 1.807) is 13.0 Å². The molecule has 0 rings (SSSR count). The fourth-order valence-electron chi connectivity index (χ4n) is 0.215. The van der Waals surface area contributed by atoms with E-state index in [-0.39, 0.29) is 0 Å². The molecule has 0 aromatic rings. The molecule has 8 heavy (non-hydrogen) atoms. The van der Waals surface area contributed by atoms with Gasteiger partial charge in [0.2, 0.25) is 6.29 Å². The Hall–Kier alpha value is -0.760. The van der Waals surface area contributed by atoms with E-state index in [1.807, 2.05) is 0 Å². The van der Waals surface area contributed by atoms with Crippen molar-refractivity contribution in [3.05, 3.63) is 25.0 Å². The molecule has 0 radical (unpaired) electrons. The fraction of sp³-hybridized carbons (Fsp3) is 0.333. The van der Waals surface area contributed by atoms with Crippen LogP contribution in [0, 0.1) is 0 Å². The molecular formula is C6H10O2. The van der Waals surface area contributed by atoms with Crippen molar-refractivity contribution in [2.45, 2.75) is 13.2 Å². The highest BCUT2D eigenvalue weighted by Gasteiger charge is 1.88. The van der Waals surface area contributed by atoms with Crippen LogP contribution in [0.3, 0.4) is 0 Å². The summed E-state index contributed by atoms with van der Waals surface area (Å²) in [6.45, 7) is 5.11. The van der Waals surface area contributed by atoms with Crippen LogP contribution in [0.25, 0.3) is 0 Å². The maximum Gasteiger partial charge on any atom is 0.216 e. The molecule has 2 heteroatoms. The van der Waals surface area contributed by atoms with Crippen molar-refractivity contribution in [2.75, 3.05) is 0 Å². The van der Waals surface area contributed by atoms with Crippen LogP contribution in [0.15, 0.2) is 25.0 Å². The van der Waals surface area contributed by atoms with E-state index in [1.165, 1.54) is 12.3 Å². The number of rotatable bonds is 3. The zero-order chi connectivity index (χ0) is 6.41. The molecular weight excluding hydrogens is 104 g/mol. The van der Waals surface area contributed by atoms with Gasteiger partial charge >= 0.3 is 0 Å². The molecule has 0 spiro atoms. The molecule has 46 valence electrons. The Morgan fingerprint density at radius 1 is 1.75 bits per heavy atom. The van der Waals surface area contributed by atoms with Crippen LogP contribution in [0.4, 0.5) is 0 Å². The number of ether oxygens (including phenoxy) is 1. The molecule has 0 heterocycles. The highest BCUT2D eigenvalue weighted by molar-refractivity contribution is 4.74. The normalized spacial score (nSPS) is 13.8. The Kier molecular flexibility index (Phi) is 3.98. The minimum atomic E-state index is -0.869. The highest BCUT2D eigenvalue weighted by atomic mass is 16.6. The second-order valence-corrected chi connectivity index (χ2v) is 1.23. The molecule has 0 aromatic carbocycles. The molecule has 0 aliphatic rings. The number of hydrogen-bond donors (Lipinski definition) is 1. The third-order valence-electron chi connectivity index (χ3n) is 0.556. The van der Waals surface area contributed by atoms with Gasteiger partial charge in [-0.15, -0.1) is 0 Å². The van der Waals surface area contributed by atoms with Gasteiger partial charge in [-0.3, -0.25) is 0 Å². The summed E-state index contributed by atoms with van der Waals surface area (Å²) >= 11 is 0. The molecule has 0 aromatic heterocycles. The first-order valence-electron chi connectivity index (χ1n) is 2.38. The minimum absolute atomic E-state index is 0.869. The summed E-state index contributed by atoms with van der Waals surface area (Å²) in [4.78, 5) is 0. The standard InChI is InChI=1S/C6H10O2/c1-3-5-8-6(7)4-2/h3-7H,2H2,1H3/b5-3-. The quantitative estimate of drug-likeness (QED) is 0.337. The zero-order valence-corrected chi connectivity index (χ0v) is 4.87. The molecule has 0 bridgehead atoms. The topological polar surface area (TPSA) is 29.5 Å². The molecule has 0 amide bonds. The van der Waals surface area contributed by atoms with Gasteiger partial charge in [0.15, 0.2) is 0 Å². The van der Waals surface area contributed by atoms with Gasteiger partial charge in [0.05, 0.1) is 6.26 Å². The smallest absolute Gasteiger partial charge is 0.216 e. The highest BCUT2D eigenvalue weighted by Crippen LogP contribution is 1.86. The molecule has 1 N–H and O–H groups in total. The summed E-state index contributed by atoms with van der Waals surface area (Å²) in [6.07, 6.45) is 3.53. The molecule has 1 atom stereocenters. The number of aliphatic hydroxyl groups is 1. The van der Waals surface area contributed by atoms with E-state index >= 15 is 0 Å². The van der Waals surface area contributed by atoms with Gasteiger partial charge in [0.1, 0.15) is 0 Å². The van der Waals surface area contributed by atoms with Gasteiger partial charge in [-0.05, 0) is 13.0 Å². The van der Waals surface area contributed by atoms with Gasteiger partial charge in [-0.1, -0.05) is 12.7 Å². The molecule has 0 fully saturated rings. The summed E-state index contributed by atoms with van der Waals surface area (Å²) in [5, 5.41) is 8.60. The van der Waals surface area contributed by atoms with Gasteiger partial charge < -0.3 is 9.84 Å². The average Bonchev–Trinajstić information content (AvgIpc) is 1.83. The van der Waals surface area contributed by atoms with Crippen molar-refractivity contribution < 1.29 is 9.84 Å². The van der Waals surface area contributed by atoms with Gasteiger partial charge in [-0.25, -0.2) is 0 Å². The van der Waals surface area contributed by atoms with Crippen molar-refractivity contribution in [3.63, 3.8) is 0 Å². The van der Waals surface area contributed by atoms with Crippen LogP contribution in [-0.4, -0.2) is 11.4 Å². The Balaban J connectivity index is 3.23. The fourth-order valence-corrected chi connectivity index (χ4v) is 0.215. The van der Waals surface area contributed by atoms with Gasteiger partial charge in [-0.2, -0.15) is 0 Å². The van der Waals surface area contributed by atoms with Crippen LogP contribution in [0.5, 0.6) is 0 Å². The first-order valence-corrected chi connectivity index (χ1v) is 2.38. The molecule has 1 unspecified atom stereocenters. The van der Waals surface area contributed by atoms with E-state index in [0.29, 0.717) is 0 Å². The van der Waals surface area contributed by atoms with Gasteiger partial charge in [0, 0.05) is 0 Å². The van der Waals surface area contributed by atoms with Crippen LogP contribution in [0.2, 0.25) is 0 Å². The molecule has 0 saturated carbocycles. The Labute approximate surface area is 49.1 Å². The van der Waals surface area contributed by atoms with Gasteiger partial charge in [0.25, 0.3) is 0 Å². The van der Waals surface area contributed by atoms with Crippen LogP contribution >= 0.6 is 0 Å². The third kappa shape index (κ3) is 3.43. The summed E-state index contributed by atoms with van der Waals surface area (Å²) in [6, 6.07) is 0. The monoisotopic (exact) mass is 114 g/mol. The van der Waals surface area contributed by atoms with Crippen molar-refractivity contribution >= 4 is 0 Å². The predicted molar refractivity (Wildman–Crippen MR) is 32.1 cm³/mol. The van der Waals surface area contributed by atoms with Crippen LogP contribution in [-0.2, 0) is 4.74 Å². The van der Waals surface area contributed by atoms with E-state index in [4.69, 9.17) is 5.11 Å². The van der Waals surface area contributed by atoms with E-state index in [9.17, 15) is 0 Å². The molecule has 2 nitrogen and oxygen atoms in total. The first kappa shape index (κ1) is 7.24. The Morgan fingerprint density at radius 2 is 2.38 bits per heavy atom. The maximum absolute atomic E-state index is 8.60. The number of aliphatic hydroxyl groups excluding tert-OH is 1. The average molecular weight is 114 g/mol. The predicted octanol–water partition coefficient (Wildman–Crippen LogP) is 1.04. The van der Waals surface area contributed by atoms with E-state index < -0.39 is 6.29 Å². The first-order chi connectivity index (χ1) is 3.81. The lowest BCUT2D eigenvalue weighted by Gasteiger charge is -2.01. The number of allylic oxidation sites excluding steroid dienone is 1. The maximum atomic E-state index is 8.60. The van der Waals surface area contributed by atoms with Crippen LogP contribution < -0.4 is 0 Å². The minimum Gasteiger partial charge on any atom is -0.469 e. The van der Waals surface area contributed by atoms with Crippen molar-refractivity contribution in [2.24, 2.45) is 0 Å². The SMILES string of the molecule is C=CC(O)O/C=C\C. The number of hydrogen-bond acceptors (Lipinski definition) is 2. The Morgan fingerprint density at radius 3 is 2.75 bits per heavy atom. The molecule has 0 aliphatic carbocycles.